The van der Waals surface area contributed by atoms with Crippen LogP contribution in [0, 0.1) is 0 Å². The molecule has 0 unspecified atom stereocenters. The average molecular weight is 396 g/mol. The van der Waals surface area contributed by atoms with Crippen LogP contribution in [0.2, 0.25) is 15.1 Å². The Hall–Kier alpha value is -2.21. The maximum absolute atomic E-state index is 12.0. The Labute approximate surface area is 159 Å². The van der Waals surface area contributed by atoms with Crippen LogP contribution < -0.4 is 10.6 Å². The SMILES string of the molecule is O=C(Nc1cccc(Cl)c1)Nc1ccn(Cc2ccc(Cl)c(Cl)c2)n1. The summed E-state index contributed by atoms with van der Waals surface area (Å²) in [7, 11) is 0. The van der Waals surface area contributed by atoms with Gasteiger partial charge in [-0.15, -0.1) is 0 Å². The highest BCUT2D eigenvalue weighted by Crippen LogP contribution is 2.23. The van der Waals surface area contributed by atoms with Crippen LogP contribution in [0.5, 0.6) is 0 Å². The van der Waals surface area contributed by atoms with Crippen molar-refractivity contribution in [2.45, 2.75) is 6.54 Å². The summed E-state index contributed by atoms with van der Waals surface area (Å²) in [6, 6.07) is 13.6. The summed E-state index contributed by atoms with van der Waals surface area (Å²) >= 11 is 17.8. The summed E-state index contributed by atoms with van der Waals surface area (Å²) in [4.78, 5) is 12.0. The van der Waals surface area contributed by atoms with Gasteiger partial charge in [0.1, 0.15) is 0 Å². The summed E-state index contributed by atoms with van der Waals surface area (Å²) < 4.78 is 1.69. The van der Waals surface area contributed by atoms with Gasteiger partial charge in [0.2, 0.25) is 0 Å². The van der Waals surface area contributed by atoms with Crippen LogP contribution in [0.15, 0.2) is 54.7 Å². The number of urea groups is 1. The summed E-state index contributed by atoms with van der Waals surface area (Å²) in [5.74, 6) is 0.430. The van der Waals surface area contributed by atoms with Gasteiger partial charge in [-0.3, -0.25) is 10.00 Å². The minimum atomic E-state index is -0.401. The first-order chi connectivity index (χ1) is 12.0. The molecule has 3 rings (SSSR count). The summed E-state index contributed by atoms with van der Waals surface area (Å²) in [5, 5.41) is 11.2. The number of halogens is 3. The van der Waals surface area contributed by atoms with Gasteiger partial charge in [0.25, 0.3) is 0 Å². The van der Waals surface area contributed by atoms with Gasteiger partial charge in [-0.05, 0) is 35.9 Å². The van der Waals surface area contributed by atoms with E-state index in [1.54, 1.807) is 53.3 Å². The Bertz CT molecular complexity index is 910. The minimum absolute atomic E-state index is 0.401. The molecule has 0 aliphatic rings. The average Bonchev–Trinajstić information content (AvgIpc) is 2.98. The first kappa shape index (κ1) is 17.6. The van der Waals surface area contributed by atoms with Crippen LogP contribution in [0.4, 0.5) is 16.3 Å². The molecule has 25 heavy (non-hydrogen) atoms. The highest BCUT2D eigenvalue weighted by atomic mass is 35.5. The number of hydrogen-bond acceptors (Lipinski definition) is 2. The molecule has 0 spiro atoms. The maximum Gasteiger partial charge on any atom is 0.324 e. The molecule has 5 nitrogen and oxygen atoms in total. The molecular formula is C17H13Cl3N4O. The molecule has 0 saturated carbocycles. The van der Waals surface area contributed by atoms with Crippen molar-refractivity contribution in [3.63, 3.8) is 0 Å². The summed E-state index contributed by atoms with van der Waals surface area (Å²) in [6.45, 7) is 0.508. The Morgan fingerprint density at radius 3 is 2.60 bits per heavy atom. The Kier molecular flexibility index (Phi) is 5.48. The molecule has 3 aromatic rings. The molecule has 0 bridgehead atoms. The molecule has 0 radical (unpaired) electrons. The number of rotatable bonds is 4. The van der Waals surface area contributed by atoms with Crippen molar-refractivity contribution in [2.24, 2.45) is 0 Å². The molecule has 0 aliphatic heterocycles. The second-order valence-corrected chi connectivity index (χ2v) is 6.49. The lowest BCUT2D eigenvalue weighted by molar-refractivity contribution is 0.262. The molecule has 0 atom stereocenters. The molecule has 2 amide bonds. The zero-order chi connectivity index (χ0) is 17.8. The number of hydrogen-bond donors (Lipinski definition) is 2. The van der Waals surface area contributed by atoms with Gasteiger partial charge < -0.3 is 5.32 Å². The van der Waals surface area contributed by atoms with E-state index in [9.17, 15) is 4.79 Å². The fourth-order valence-corrected chi connectivity index (χ4v) is 2.70. The standard InChI is InChI=1S/C17H13Cl3N4O/c18-12-2-1-3-13(9-12)21-17(25)22-16-6-7-24(23-16)10-11-4-5-14(19)15(20)8-11/h1-9H,10H2,(H2,21,22,23,25). The molecule has 0 saturated heterocycles. The van der Waals surface area contributed by atoms with E-state index in [-0.39, 0.29) is 0 Å². The zero-order valence-corrected chi connectivity index (χ0v) is 15.1. The van der Waals surface area contributed by atoms with Gasteiger partial charge in [-0.25, -0.2) is 4.79 Å². The van der Waals surface area contributed by atoms with Gasteiger partial charge in [0.05, 0.1) is 16.6 Å². The fraction of sp³-hybridized carbons (Fsp3) is 0.0588. The maximum atomic E-state index is 12.0. The topological polar surface area (TPSA) is 59.0 Å². The van der Waals surface area contributed by atoms with E-state index < -0.39 is 6.03 Å². The fourth-order valence-electron chi connectivity index (χ4n) is 2.19. The molecule has 0 aliphatic carbocycles. The third kappa shape index (κ3) is 4.89. The molecule has 1 heterocycles. The van der Waals surface area contributed by atoms with Crippen molar-refractivity contribution >= 4 is 52.3 Å². The van der Waals surface area contributed by atoms with E-state index in [0.717, 1.165) is 5.56 Å². The van der Waals surface area contributed by atoms with Crippen LogP contribution in [-0.2, 0) is 6.54 Å². The molecule has 128 valence electrons. The van der Waals surface area contributed by atoms with Gasteiger partial charge in [0.15, 0.2) is 5.82 Å². The molecule has 0 fully saturated rings. The predicted octanol–water partition coefficient (Wildman–Crippen LogP) is 5.54. The van der Waals surface area contributed by atoms with Gasteiger partial charge in [0, 0.05) is 23.0 Å². The summed E-state index contributed by atoms with van der Waals surface area (Å²) in [5.41, 5.74) is 1.55. The van der Waals surface area contributed by atoms with Crippen molar-refractivity contribution < 1.29 is 4.79 Å². The van der Waals surface area contributed by atoms with Crippen molar-refractivity contribution in [3.05, 3.63) is 75.4 Å². The number of carbonyl (C=O) groups excluding carboxylic acids is 1. The van der Waals surface area contributed by atoms with Gasteiger partial charge >= 0.3 is 6.03 Å². The Balaban J connectivity index is 1.61. The van der Waals surface area contributed by atoms with E-state index in [1.807, 2.05) is 6.07 Å². The highest BCUT2D eigenvalue weighted by molar-refractivity contribution is 6.42. The largest absolute Gasteiger partial charge is 0.324 e. The van der Waals surface area contributed by atoms with Crippen LogP contribution in [-0.4, -0.2) is 15.8 Å². The van der Waals surface area contributed by atoms with Crippen LogP contribution in [0.3, 0.4) is 0 Å². The number of nitrogens with one attached hydrogen (secondary N) is 2. The molecule has 1 aromatic heterocycles. The van der Waals surface area contributed by atoms with Crippen molar-refractivity contribution in [1.82, 2.24) is 9.78 Å². The lowest BCUT2D eigenvalue weighted by Gasteiger charge is -2.06. The number of anilines is 2. The van der Waals surface area contributed by atoms with Gasteiger partial charge in [-0.1, -0.05) is 46.9 Å². The number of carbonyl (C=O) groups is 1. The zero-order valence-electron chi connectivity index (χ0n) is 12.8. The Morgan fingerprint density at radius 2 is 1.84 bits per heavy atom. The van der Waals surface area contributed by atoms with Crippen molar-refractivity contribution in [3.8, 4) is 0 Å². The second kappa shape index (κ2) is 7.78. The van der Waals surface area contributed by atoms with Crippen molar-refractivity contribution in [1.29, 1.82) is 0 Å². The monoisotopic (exact) mass is 394 g/mol. The van der Waals surface area contributed by atoms with E-state index in [4.69, 9.17) is 34.8 Å². The molecular weight excluding hydrogens is 383 g/mol. The lowest BCUT2D eigenvalue weighted by atomic mass is 10.2. The first-order valence-electron chi connectivity index (χ1n) is 7.30. The van der Waals surface area contributed by atoms with Gasteiger partial charge in [-0.2, -0.15) is 5.10 Å². The predicted molar refractivity (Wildman–Crippen MR) is 102 cm³/mol. The molecule has 2 N–H and O–H groups in total. The van der Waals surface area contributed by atoms with E-state index >= 15 is 0 Å². The van der Waals surface area contributed by atoms with E-state index in [2.05, 4.69) is 15.7 Å². The third-order valence-electron chi connectivity index (χ3n) is 3.29. The number of amides is 2. The number of benzene rings is 2. The first-order valence-corrected chi connectivity index (χ1v) is 8.44. The lowest BCUT2D eigenvalue weighted by Crippen LogP contribution is -2.19. The van der Waals surface area contributed by atoms with Crippen LogP contribution >= 0.6 is 34.8 Å². The molecule has 8 heteroatoms. The normalized spacial score (nSPS) is 10.5. The number of aromatic nitrogens is 2. The van der Waals surface area contributed by atoms with Crippen LogP contribution in [0.1, 0.15) is 5.56 Å². The molecule has 2 aromatic carbocycles. The minimum Gasteiger partial charge on any atom is -0.308 e. The second-order valence-electron chi connectivity index (χ2n) is 5.24. The number of nitrogens with zero attached hydrogens (tertiary/aromatic N) is 2. The Morgan fingerprint density at radius 1 is 1.00 bits per heavy atom. The van der Waals surface area contributed by atoms with E-state index in [1.165, 1.54) is 0 Å². The quantitative estimate of drug-likeness (QED) is 0.609. The highest BCUT2D eigenvalue weighted by Gasteiger charge is 2.07. The van der Waals surface area contributed by atoms with Crippen molar-refractivity contribution in [2.75, 3.05) is 10.6 Å². The third-order valence-corrected chi connectivity index (χ3v) is 4.27. The van der Waals surface area contributed by atoms with E-state index in [0.29, 0.717) is 33.1 Å². The smallest absolute Gasteiger partial charge is 0.308 e. The summed E-state index contributed by atoms with van der Waals surface area (Å²) in [6.07, 6.45) is 1.76. The van der Waals surface area contributed by atoms with Crippen LogP contribution in [0.25, 0.3) is 0 Å².